The quantitative estimate of drug-likeness (QED) is 0.789. The molecule has 112 valence electrons. The average Bonchev–Trinajstić information content (AvgIpc) is 3.20. The Morgan fingerprint density at radius 2 is 1.91 bits per heavy atom. The standard InChI is InChI=1S/C18H15N5/c19-11-15-4-1-2-7-16(15)23-18(20)17(21-22-23)14-9-8-12-5-3-6-13(12)10-14/h1-2,4,7-10H,3,5-6,20H2. The number of rotatable bonds is 2. The third-order valence-electron chi connectivity index (χ3n) is 4.33. The molecule has 0 saturated carbocycles. The molecule has 0 bridgehead atoms. The molecule has 2 N–H and O–H groups in total. The van der Waals surface area contributed by atoms with Crippen LogP contribution in [0.1, 0.15) is 23.1 Å². The summed E-state index contributed by atoms with van der Waals surface area (Å²) in [6.45, 7) is 0. The molecule has 0 atom stereocenters. The molecule has 0 amide bonds. The first-order chi connectivity index (χ1) is 11.3. The lowest BCUT2D eigenvalue weighted by Gasteiger charge is -2.06. The van der Waals surface area contributed by atoms with Crippen molar-refractivity contribution in [1.29, 1.82) is 5.26 Å². The smallest absolute Gasteiger partial charge is 0.155 e. The molecule has 1 aliphatic rings. The lowest BCUT2D eigenvalue weighted by atomic mass is 10.0. The largest absolute Gasteiger partial charge is 0.382 e. The molecule has 1 aliphatic carbocycles. The van der Waals surface area contributed by atoms with Crippen molar-refractivity contribution in [3.63, 3.8) is 0 Å². The van der Waals surface area contributed by atoms with Crippen LogP contribution in [0, 0.1) is 11.3 Å². The zero-order valence-corrected chi connectivity index (χ0v) is 12.5. The Labute approximate surface area is 134 Å². The van der Waals surface area contributed by atoms with Gasteiger partial charge in [0, 0.05) is 5.56 Å². The lowest BCUT2D eigenvalue weighted by Crippen LogP contribution is -2.04. The van der Waals surface area contributed by atoms with Crippen LogP contribution >= 0.6 is 0 Å². The van der Waals surface area contributed by atoms with E-state index < -0.39 is 0 Å². The van der Waals surface area contributed by atoms with Gasteiger partial charge in [0.15, 0.2) is 5.82 Å². The van der Waals surface area contributed by atoms with E-state index in [0.29, 0.717) is 22.8 Å². The molecule has 0 aliphatic heterocycles. The van der Waals surface area contributed by atoms with Crippen LogP contribution in [0.5, 0.6) is 0 Å². The van der Waals surface area contributed by atoms with E-state index in [9.17, 15) is 5.26 Å². The van der Waals surface area contributed by atoms with E-state index >= 15 is 0 Å². The van der Waals surface area contributed by atoms with Gasteiger partial charge in [0.2, 0.25) is 0 Å². The average molecular weight is 301 g/mol. The first-order valence-corrected chi connectivity index (χ1v) is 7.61. The number of aryl methyl sites for hydroxylation is 2. The first kappa shape index (κ1) is 13.5. The first-order valence-electron chi connectivity index (χ1n) is 7.61. The Hall–Kier alpha value is -3.13. The molecule has 0 saturated heterocycles. The third kappa shape index (κ3) is 2.16. The number of nitriles is 1. The van der Waals surface area contributed by atoms with Crippen molar-refractivity contribution < 1.29 is 0 Å². The summed E-state index contributed by atoms with van der Waals surface area (Å²) in [7, 11) is 0. The number of benzene rings is 2. The highest BCUT2D eigenvalue weighted by Gasteiger charge is 2.17. The molecule has 1 heterocycles. The highest BCUT2D eigenvalue weighted by Crippen LogP contribution is 2.30. The molecule has 5 heteroatoms. The lowest BCUT2D eigenvalue weighted by molar-refractivity contribution is 0.808. The van der Waals surface area contributed by atoms with E-state index in [1.54, 1.807) is 6.07 Å². The minimum absolute atomic E-state index is 0.450. The van der Waals surface area contributed by atoms with Gasteiger partial charge in [0.05, 0.1) is 11.3 Å². The van der Waals surface area contributed by atoms with Crippen molar-refractivity contribution >= 4 is 5.82 Å². The van der Waals surface area contributed by atoms with Gasteiger partial charge in [-0.2, -0.15) is 9.94 Å². The summed E-state index contributed by atoms with van der Waals surface area (Å²) in [5.74, 6) is 0.450. The summed E-state index contributed by atoms with van der Waals surface area (Å²) in [5, 5.41) is 17.6. The van der Waals surface area contributed by atoms with E-state index in [0.717, 1.165) is 18.4 Å². The summed E-state index contributed by atoms with van der Waals surface area (Å²) in [6.07, 6.45) is 3.46. The maximum Gasteiger partial charge on any atom is 0.155 e. The van der Waals surface area contributed by atoms with Gasteiger partial charge < -0.3 is 5.73 Å². The Balaban J connectivity index is 1.81. The Bertz CT molecular complexity index is 933. The van der Waals surface area contributed by atoms with Gasteiger partial charge in [-0.3, -0.25) is 0 Å². The van der Waals surface area contributed by atoms with Crippen molar-refractivity contribution in [2.24, 2.45) is 0 Å². The highest BCUT2D eigenvalue weighted by molar-refractivity contribution is 5.72. The Morgan fingerprint density at radius 3 is 2.78 bits per heavy atom. The van der Waals surface area contributed by atoms with Crippen molar-refractivity contribution in [3.8, 4) is 23.0 Å². The second kappa shape index (κ2) is 5.25. The monoisotopic (exact) mass is 301 g/mol. The van der Waals surface area contributed by atoms with E-state index in [4.69, 9.17) is 5.73 Å². The summed E-state index contributed by atoms with van der Waals surface area (Å²) < 4.78 is 1.53. The molecule has 0 unspecified atom stereocenters. The maximum atomic E-state index is 9.25. The zero-order valence-electron chi connectivity index (χ0n) is 12.5. The van der Waals surface area contributed by atoms with Gasteiger partial charge >= 0.3 is 0 Å². The molecular formula is C18H15N5. The molecule has 0 spiro atoms. The number of aromatic nitrogens is 3. The molecule has 1 aromatic heterocycles. The minimum Gasteiger partial charge on any atom is -0.382 e. The molecule has 0 fully saturated rings. The molecule has 0 radical (unpaired) electrons. The van der Waals surface area contributed by atoms with Crippen molar-refractivity contribution in [3.05, 3.63) is 59.2 Å². The number of anilines is 1. The summed E-state index contributed by atoms with van der Waals surface area (Å²) >= 11 is 0. The zero-order chi connectivity index (χ0) is 15.8. The fourth-order valence-electron chi connectivity index (χ4n) is 3.14. The summed E-state index contributed by atoms with van der Waals surface area (Å²) in [6, 6.07) is 15.7. The minimum atomic E-state index is 0.450. The second-order valence-corrected chi connectivity index (χ2v) is 5.70. The van der Waals surface area contributed by atoms with Crippen LogP contribution in [0.4, 0.5) is 5.82 Å². The van der Waals surface area contributed by atoms with Crippen LogP contribution in [0.2, 0.25) is 0 Å². The molecule has 2 aromatic carbocycles. The highest BCUT2D eigenvalue weighted by atomic mass is 15.5. The SMILES string of the molecule is N#Cc1ccccc1-n1nnc(-c2ccc3c(c2)CCC3)c1N. The fourth-order valence-corrected chi connectivity index (χ4v) is 3.14. The molecule has 5 nitrogen and oxygen atoms in total. The van der Waals surface area contributed by atoms with Gasteiger partial charge in [-0.05, 0) is 48.6 Å². The van der Waals surface area contributed by atoms with Crippen molar-refractivity contribution in [1.82, 2.24) is 15.0 Å². The van der Waals surface area contributed by atoms with Gasteiger partial charge in [-0.15, -0.1) is 5.10 Å². The number of hydrogen-bond acceptors (Lipinski definition) is 4. The van der Waals surface area contributed by atoms with Gasteiger partial charge in [-0.25, -0.2) is 0 Å². The number of para-hydroxylation sites is 1. The van der Waals surface area contributed by atoms with Crippen LogP contribution in [-0.2, 0) is 12.8 Å². The Kier molecular flexibility index (Phi) is 3.09. The maximum absolute atomic E-state index is 9.25. The van der Waals surface area contributed by atoms with Crippen molar-refractivity contribution in [2.75, 3.05) is 5.73 Å². The normalized spacial score (nSPS) is 12.8. The van der Waals surface area contributed by atoms with Crippen molar-refractivity contribution in [2.45, 2.75) is 19.3 Å². The molecular weight excluding hydrogens is 286 g/mol. The molecule has 4 rings (SSSR count). The van der Waals surface area contributed by atoms with Gasteiger partial charge in [-0.1, -0.05) is 29.5 Å². The summed E-state index contributed by atoms with van der Waals surface area (Å²) in [5.41, 5.74) is 11.8. The van der Waals surface area contributed by atoms with E-state index in [1.165, 1.54) is 22.2 Å². The van der Waals surface area contributed by atoms with E-state index in [-0.39, 0.29) is 0 Å². The predicted molar refractivity (Wildman–Crippen MR) is 87.9 cm³/mol. The number of nitrogen functional groups attached to an aromatic ring is 1. The molecule has 23 heavy (non-hydrogen) atoms. The van der Waals surface area contributed by atoms with Gasteiger partial charge in [0.25, 0.3) is 0 Å². The predicted octanol–water partition coefficient (Wildman–Crippen LogP) is 2.88. The van der Waals surface area contributed by atoms with Crippen LogP contribution in [0.15, 0.2) is 42.5 Å². The van der Waals surface area contributed by atoms with Crippen LogP contribution in [0.25, 0.3) is 16.9 Å². The van der Waals surface area contributed by atoms with Gasteiger partial charge in [0.1, 0.15) is 11.8 Å². The second-order valence-electron chi connectivity index (χ2n) is 5.70. The third-order valence-corrected chi connectivity index (χ3v) is 4.33. The van der Waals surface area contributed by atoms with Crippen LogP contribution in [0.3, 0.4) is 0 Å². The van der Waals surface area contributed by atoms with E-state index in [1.807, 2.05) is 24.3 Å². The number of nitrogens with zero attached hydrogens (tertiary/aromatic N) is 4. The van der Waals surface area contributed by atoms with Crippen LogP contribution in [-0.4, -0.2) is 15.0 Å². The molecule has 3 aromatic rings. The number of fused-ring (bicyclic) bond motifs is 1. The number of hydrogen-bond donors (Lipinski definition) is 1. The van der Waals surface area contributed by atoms with Crippen LogP contribution < -0.4 is 5.73 Å². The summed E-state index contributed by atoms with van der Waals surface area (Å²) in [4.78, 5) is 0. The topological polar surface area (TPSA) is 80.5 Å². The fraction of sp³-hybridized carbons (Fsp3) is 0.167. The Morgan fingerprint density at radius 1 is 1.09 bits per heavy atom. The number of nitrogens with two attached hydrogens (primary N) is 1. The van der Waals surface area contributed by atoms with E-state index in [2.05, 4.69) is 28.5 Å².